The maximum absolute atomic E-state index is 13.0. The molecule has 0 spiro atoms. The van der Waals surface area contributed by atoms with Gasteiger partial charge in [0.15, 0.2) is 5.58 Å². The number of rotatable bonds is 5. The van der Waals surface area contributed by atoms with Crippen LogP contribution in [-0.4, -0.2) is 9.97 Å². The number of fused-ring (bicyclic) bond motifs is 1. The fourth-order valence-corrected chi connectivity index (χ4v) is 3.32. The van der Waals surface area contributed by atoms with Crippen molar-refractivity contribution in [1.29, 1.82) is 0 Å². The molecule has 0 saturated carbocycles. The molecule has 5 nitrogen and oxygen atoms in total. The molecule has 164 valence electrons. The van der Waals surface area contributed by atoms with Crippen molar-refractivity contribution in [2.45, 2.75) is 6.18 Å². The normalized spacial score (nSPS) is 11.5. The second-order valence-corrected chi connectivity index (χ2v) is 7.18. The van der Waals surface area contributed by atoms with E-state index in [1.54, 1.807) is 12.1 Å². The predicted molar refractivity (Wildman–Crippen MR) is 118 cm³/mol. The van der Waals surface area contributed by atoms with E-state index in [0.717, 1.165) is 23.3 Å². The second-order valence-electron chi connectivity index (χ2n) is 7.18. The molecular weight excluding hydrogens is 431 g/mol. The van der Waals surface area contributed by atoms with E-state index in [2.05, 4.69) is 15.3 Å². The van der Waals surface area contributed by atoms with Gasteiger partial charge in [0.05, 0.1) is 5.56 Å². The molecule has 0 fully saturated rings. The highest BCUT2D eigenvalue weighted by Gasteiger charge is 2.30. The highest BCUT2D eigenvalue weighted by molar-refractivity contribution is 5.82. The summed E-state index contributed by atoms with van der Waals surface area (Å²) in [6.45, 7) is 0. The second kappa shape index (κ2) is 8.31. The first-order chi connectivity index (χ1) is 16.0. The first-order valence-corrected chi connectivity index (χ1v) is 9.99. The lowest BCUT2D eigenvalue weighted by molar-refractivity contribution is -0.137. The topological polar surface area (TPSA) is 60.2 Å². The Morgan fingerprint density at radius 2 is 1.67 bits per heavy atom. The minimum atomic E-state index is -4.47. The van der Waals surface area contributed by atoms with Gasteiger partial charge in [0.2, 0.25) is 5.88 Å². The van der Waals surface area contributed by atoms with Gasteiger partial charge in [0.25, 0.3) is 6.01 Å². The number of nitrogens with one attached hydrogen (secondary N) is 1. The number of oxazole rings is 1. The summed E-state index contributed by atoms with van der Waals surface area (Å²) in [5, 5.41) is 3.00. The van der Waals surface area contributed by atoms with E-state index in [0.29, 0.717) is 16.8 Å². The van der Waals surface area contributed by atoms with Crippen LogP contribution in [0.4, 0.5) is 24.9 Å². The molecule has 0 saturated heterocycles. The number of benzene rings is 3. The van der Waals surface area contributed by atoms with E-state index in [1.807, 2.05) is 48.5 Å². The number of anilines is 2. The maximum atomic E-state index is 13.0. The molecule has 5 rings (SSSR count). The number of pyridine rings is 1. The standard InChI is InChI=1S/C25H16F3N3O2/c26-25(27,28)18-8-4-9-19(15-18)32-23-20(10-5-13-29-23)30-24-31-21-14-17(11-12-22(21)33-24)16-6-2-1-3-7-16/h1-15H,(H,30,31). The van der Waals surface area contributed by atoms with Gasteiger partial charge in [-0.1, -0.05) is 42.5 Å². The summed E-state index contributed by atoms with van der Waals surface area (Å²) in [4.78, 5) is 8.61. The molecule has 8 heteroatoms. The van der Waals surface area contributed by atoms with Crippen molar-refractivity contribution in [1.82, 2.24) is 9.97 Å². The molecule has 33 heavy (non-hydrogen) atoms. The van der Waals surface area contributed by atoms with Gasteiger partial charge in [-0.25, -0.2) is 4.98 Å². The molecule has 5 aromatic rings. The Hall–Kier alpha value is -4.33. The molecule has 0 aliphatic heterocycles. The van der Waals surface area contributed by atoms with Crippen LogP contribution < -0.4 is 10.1 Å². The fraction of sp³-hybridized carbons (Fsp3) is 0.0400. The zero-order valence-electron chi connectivity index (χ0n) is 17.0. The fourth-order valence-electron chi connectivity index (χ4n) is 3.32. The van der Waals surface area contributed by atoms with Crippen molar-refractivity contribution in [3.05, 3.63) is 96.7 Å². The van der Waals surface area contributed by atoms with Gasteiger partial charge in [0.1, 0.15) is 17.0 Å². The minimum absolute atomic E-state index is 0.0108. The predicted octanol–water partition coefficient (Wildman–Crippen LogP) is 7.44. The number of nitrogens with zero attached hydrogens (tertiary/aromatic N) is 2. The average Bonchev–Trinajstić information content (AvgIpc) is 3.22. The minimum Gasteiger partial charge on any atom is -0.437 e. The van der Waals surface area contributed by atoms with Crippen molar-refractivity contribution in [3.63, 3.8) is 0 Å². The molecule has 0 aliphatic carbocycles. The smallest absolute Gasteiger partial charge is 0.416 e. The molecule has 0 radical (unpaired) electrons. The van der Waals surface area contributed by atoms with Gasteiger partial charge in [0, 0.05) is 6.20 Å². The summed E-state index contributed by atoms with van der Waals surface area (Å²) in [7, 11) is 0. The molecule has 2 aromatic heterocycles. The van der Waals surface area contributed by atoms with Gasteiger partial charge in [-0.05, 0) is 53.6 Å². The van der Waals surface area contributed by atoms with Crippen LogP contribution in [0.25, 0.3) is 22.2 Å². The lowest BCUT2D eigenvalue weighted by atomic mass is 10.1. The Labute approximate surface area is 186 Å². The Kier molecular flexibility index (Phi) is 5.18. The monoisotopic (exact) mass is 447 g/mol. The molecule has 1 N–H and O–H groups in total. The SMILES string of the molecule is FC(F)(F)c1cccc(Oc2ncccc2Nc2nc3cc(-c4ccccc4)ccc3o2)c1. The first-order valence-electron chi connectivity index (χ1n) is 9.99. The summed E-state index contributed by atoms with van der Waals surface area (Å²) in [6, 6.07) is 23.7. The van der Waals surface area contributed by atoms with E-state index in [-0.39, 0.29) is 17.6 Å². The summed E-state index contributed by atoms with van der Waals surface area (Å²) in [5.41, 5.74) is 2.88. The Morgan fingerprint density at radius 3 is 2.48 bits per heavy atom. The van der Waals surface area contributed by atoms with Crippen LogP contribution in [0.1, 0.15) is 5.56 Å². The Balaban J connectivity index is 1.41. The van der Waals surface area contributed by atoms with Crippen LogP contribution in [-0.2, 0) is 6.18 Å². The number of ether oxygens (including phenoxy) is 1. The van der Waals surface area contributed by atoms with E-state index in [1.165, 1.54) is 18.3 Å². The number of halogens is 3. The number of hydrogen-bond acceptors (Lipinski definition) is 5. The lowest BCUT2D eigenvalue weighted by Crippen LogP contribution is -2.04. The van der Waals surface area contributed by atoms with E-state index >= 15 is 0 Å². The van der Waals surface area contributed by atoms with Crippen LogP contribution in [0.2, 0.25) is 0 Å². The maximum Gasteiger partial charge on any atom is 0.416 e. The molecule has 3 aromatic carbocycles. The molecule has 0 bridgehead atoms. The van der Waals surface area contributed by atoms with Crippen molar-refractivity contribution >= 4 is 22.8 Å². The van der Waals surface area contributed by atoms with Crippen LogP contribution in [0, 0.1) is 0 Å². The lowest BCUT2D eigenvalue weighted by Gasteiger charge is -2.11. The summed E-state index contributed by atoms with van der Waals surface area (Å²) in [5.74, 6) is 0.0979. The van der Waals surface area contributed by atoms with E-state index in [4.69, 9.17) is 9.15 Å². The number of hydrogen-bond donors (Lipinski definition) is 1. The van der Waals surface area contributed by atoms with Gasteiger partial charge in [-0.2, -0.15) is 18.2 Å². The third-order valence-electron chi connectivity index (χ3n) is 4.88. The van der Waals surface area contributed by atoms with Crippen molar-refractivity contribution in [3.8, 4) is 22.8 Å². The largest absolute Gasteiger partial charge is 0.437 e. The Bertz CT molecular complexity index is 1420. The molecule has 0 unspecified atom stereocenters. The molecule has 2 heterocycles. The highest BCUT2D eigenvalue weighted by Crippen LogP contribution is 2.35. The molecular formula is C25H16F3N3O2. The highest BCUT2D eigenvalue weighted by atomic mass is 19.4. The zero-order valence-corrected chi connectivity index (χ0v) is 17.0. The summed E-state index contributed by atoms with van der Waals surface area (Å²) in [6.07, 6.45) is -2.99. The molecule has 0 atom stereocenters. The number of aromatic nitrogens is 2. The van der Waals surface area contributed by atoms with Crippen LogP contribution in [0.5, 0.6) is 11.6 Å². The van der Waals surface area contributed by atoms with Crippen LogP contribution in [0.15, 0.2) is 95.5 Å². The van der Waals surface area contributed by atoms with E-state index in [9.17, 15) is 13.2 Å². The van der Waals surface area contributed by atoms with Gasteiger partial charge < -0.3 is 14.5 Å². The van der Waals surface area contributed by atoms with Gasteiger partial charge in [-0.3, -0.25) is 0 Å². The third-order valence-corrected chi connectivity index (χ3v) is 4.88. The van der Waals surface area contributed by atoms with Crippen molar-refractivity contribution < 1.29 is 22.3 Å². The van der Waals surface area contributed by atoms with E-state index < -0.39 is 11.7 Å². The van der Waals surface area contributed by atoms with Crippen LogP contribution >= 0.6 is 0 Å². The van der Waals surface area contributed by atoms with Crippen molar-refractivity contribution in [2.24, 2.45) is 0 Å². The third kappa shape index (κ3) is 4.50. The quantitative estimate of drug-likeness (QED) is 0.303. The van der Waals surface area contributed by atoms with Gasteiger partial charge >= 0.3 is 6.18 Å². The number of alkyl halides is 3. The Morgan fingerprint density at radius 1 is 0.818 bits per heavy atom. The molecule has 0 aliphatic rings. The van der Waals surface area contributed by atoms with Crippen molar-refractivity contribution in [2.75, 3.05) is 5.32 Å². The summed E-state index contributed by atoms with van der Waals surface area (Å²) < 4.78 is 50.4. The summed E-state index contributed by atoms with van der Waals surface area (Å²) >= 11 is 0. The van der Waals surface area contributed by atoms with Crippen LogP contribution in [0.3, 0.4) is 0 Å². The first kappa shape index (κ1) is 20.6. The average molecular weight is 447 g/mol. The molecule has 0 amide bonds. The van der Waals surface area contributed by atoms with Gasteiger partial charge in [-0.15, -0.1) is 0 Å². The zero-order chi connectivity index (χ0) is 22.8.